The summed E-state index contributed by atoms with van der Waals surface area (Å²) >= 11 is 6.43. The number of fused-ring (bicyclic) bond motifs is 1. The molecule has 2 aromatic carbocycles. The van der Waals surface area contributed by atoms with Gasteiger partial charge in [0, 0.05) is 63.3 Å². The van der Waals surface area contributed by atoms with Gasteiger partial charge in [0.2, 0.25) is 11.8 Å². The van der Waals surface area contributed by atoms with Crippen LogP contribution in [0.3, 0.4) is 0 Å². The monoisotopic (exact) mass is 659 g/mol. The average molecular weight is 660 g/mol. The highest BCUT2D eigenvalue weighted by Gasteiger charge is 2.34. The summed E-state index contributed by atoms with van der Waals surface area (Å²) in [5.74, 6) is 2.00. The number of carbonyl (C=O) groups excluding carboxylic acids is 2. The number of benzene rings is 2. The van der Waals surface area contributed by atoms with Gasteiger partial charge in [0.1, 0.15) is 0 Å². The lowest BCUT2D eigenvalue weighted by molar-refractivity contribution is -0.143. The molecular formula is C36H46ClN7O3. The van der Waals surface area contributed by atoms with Crippen LogP contribution < -0.4 is 11.4 Å². The van der Waals surface area contributed by atoms with Gasteiger partial charge in [0.05, 0.1) is 27.7 Å². The van der Waals surface area contributed by atoms with Gasteiger partial charge >= 0.3 is 5.69 Å². The van der Waals surface area contributed by atoms with E-state index >= 15 is 0 Å². The molecule has 250 valence electrons. The molecule has 10 nitrogen and oxygen atoms in total. The third-order valence-electron chi connectivity index (χ3n) is 10.5. The van der Waals surface area contributed by atoms with E-state index in [2.05, 4.69) is 27.8 Å². The van der Waals surface area contributed by atoms with Crippen LogP contribution in [0.15, 0.2) is 41.2 Å². The molecule has 11 heteroatoms. The molecule has 3 fully saturated rings. The topological polar surface area (TPSA) is 111 Å². The van der Waals surface area contributed by atoms with Crippen LogP contribution in [0.1, 0.15) is 55.7 Å². The van der Waals surface area contributed by atoms with E-state index in [1.54, 1.807) is 12.1 Å². The van der Waals surface area contributed by atoms with Crippen molar-refractivity contribution in [3.63, 3.8) is 0 Å². The van der Waals surface area contributed by atoms with E-state index in [9.17, 15) is 14.4 Å². The number of aromatic nitrogens is 2. The highest BCUT2D eigenvalue weighted by molar-refractivity contribution is 6.33. The second kappa shape index (κ2) is 14.5. The second-order valence-corrected chi connectivity index (χ2v) is 13.9. The zero-order valence-electron chi connectivity index (χ0n) is 27.3. The summed E-state index contributed by atoms with van der Waals surface area (Å²) in [5.41, 5.74) is 9.29. The predicted octanol–water partition coefficient (Wildman–Crippen LogP) is 3.59. The van der Waals surface area contributed by atoms with Crippen molar-refractivity contribution in [3.05, 3.63) is 63.0 Å². The molecule has 2 amide bonds. The number of hydrogen-bond acceptors (Lipinski definition) is 6. The fourth-order valence-corrected chi connectivity index (χ4v) is 7.98. The van der Waals surface area contributed by atoms with Crippen LogP contribution in [0.5, 0.6) is 0 Å². The Hall–Kier alpha value is -3.78. The predicted molar refractivity (Wildman–Crippen MR) is 186 cm³/mol. The third kappa shape index (κ3) is 7.38. The molecule has 0 unspecified atom stereocenters. The number of nitrogens with zero attached hydrogens (tertiary/aromatic N) is 5. The summed E-state index contributed by atoms with van der Waals surface area (Å²) in [6.07, 6.45) is 10.5. The van der Waals surface area contributed by atoms with Crippen molar-refractivity contribution in [3.8, 4) is 12.3 Å². The Kier molecular flexibility index (Phi) is 10.3. The normalized spacial score (nSPS) is 19.9. The van der Waals surface area contributed by atoms with Crippen molar-refractivity contribution in [1.82, 2.24) is 29.2 Å². The summed E-state index contributed by atoms with van der Waals surface area (Å²) in [6, 6.07) is 11.7. The van der Waals surface area contributed by atoms with Gasteiger partial charge in [-0.3, -0.25) is 19.1 Å². The van der Waals surface area contributed by atoms with Crippen molar-refractivity contribution in [2.75, 3.05) is 65.1 Å². The van der Waals surface area contributed by atoms with Gasteiger partial charge in [0.15, 0.2) is 0 Å². The molecule has 3 aliphatic rings. The Bertz CT molecular complexity index is 1690. The van der Waals surface area contributed by atoms with E-state index < -0.39 is 5.92 Å². The van der Waals surface area contributed by atoms with Crippen LogP contribution in [0, 0.1) is 18.3 Å². The molecule has 47 heavy (non-hydrogen) atoms. The average Bonchev–Trinajstić information content (AvgIpc) is 3.26. The molecule has 4 heterocycles. The van der Waals surface area contributed by atoms with Gasteiger partial charge in [-0.05, 0) is 88.5 Å². The maximum atomic E-state index is 14.2. The molecule has 1 atom stereocenters. The number of hydrogen-bond donors (Lipinski definition) is 2. The van der Waals surface area contributed by atoms with Gasteiger partial charge in [-0.2, -0.15) is 0 Å². The van der Waals surface area contributed by atoms with E-state index in [1.165, 1.54) is 6.42 Å². The van der Waals surface area contributed by atoms with Crippen LogP contribution in [-0.4, -0.2) is 106 Å². The van der Waals surface area contributed by atoms with Gasteiger partial charge < -0.3 is 25.4 Å². The van der Waals surface area contributed by atoms with E-state index in [-0.39, 0.29) is 30.0 Å². The molecule has 3 N–H and O–H groups in total. The number of imidazole rings is 1. The number of rotatable bonds is 7. The molecule has 0 aliphatic carbocycles. The number of likely N-dealkylation sites (N-methyl/N-ethyl adjacent to an activating group) is 1. The minimum Gasteiger partial charge on any atom is -0.397 e. The summed E-state index contributed by atoms with van der Waals surface area (Å²) in [4.78, 5) is 52.5. The Morgan fingerprint density at radius 1 is 0.979 bits per heavy atom. The van der Waals surface area contributed by atoms with E-state index in [0.29, 0.717) is 67.8 Å². The Morgan fingerprint density at radius 2 is 1.68 bits per heavy atom. The standard InChI is InChI=1S/C36H46ClN7O3/c1-3-26-21-25(23-30(37)34(26)38)22-27(35(46)43-17-9-28(10-18-43)41-14-6-13-40(2)19-20-41)24-33(45)42-15-11-29(12-16-42)44-32-8-5-4-7-31(32)39-36(44)47/h1,4-5,7-8,21,23,27-29H,6,9-20,22,24,38H2,2H3,(H,39,47)/t27-/m0/s1. The lowest BCUT2D eigenvalue weighted by atomic mass is 9.91. The minimum atomic E-state index is -0.551. The number of terminal acetylenes is 1. The number of amides is 2. The number of para-hydroxylation sites is 2. The fourth-order valence-electron chi connectivity index (χ4n) is 7.73. The van der Waals surface area contributed by atoms with Crippen molar-refractivity contribution in [1.29, 1.82) is 0 Å². The molecule has 3 aromatic rings. The van der Waals surface area contributed by atoms with Crippen LogP contribution in [0.4, 0.5) is 5.69 Å². The number of halogens is 1. The largest absolute Gasteiger partial charge is 0.397 e. The number of likely N-dealkylation sites (tertiary alicyclic amines) is 2. The van der Waals surface area contributed by atoms with Gasteiger partial charge in [-0.1, -0.05) is 29.7 Å². The molecule has 6 rings (SSSR count). The number of nitrogens with one attached hydrogen (secondary N) is 1. The number of piperidine rings is 2. The Labute approximate surface area is 281 Å². The number of nitrogen functional groups attached to an aromatic ring is 1. The first-order valence-electron chi connectivity index (χ1n) is 16.9. The Balaban J connectivity index is 1.13. The van der Waals surface area contributed by atoms with Crippen LogP contribution in [0.2, 0.25) is 5.02 Å². The van der Waals surface area contributed by atoms with E-state index in [1.807, 2.05) is 38.6 Å². The highest BCUT2D eigenvalue weighted by Crippen LogP contribution is 2.30. The number of H-pyrrole nitrogens is 1. The SMILES string of the molecule is C#Cc1cc(C[C@@H](CC(=O)N2CCC(n3c(=O)[nH]c4ccccc43)CC2)C(=O)N2CCC(N3CCCN(C)CC3)CC2)cc(Cl)c1N. The molecule has 0 bridgehead atoms. The molecule has 3 saturated heterocycles. The van der Waals surface area contributed by atoms with Gasteiger partial charge in [0.25, 0.3) is 0 Å². The zero-order valence-corrected chi connectivity index (χ0v) is 28.1. The molecule has 0 saturated carbocycles. The second-order valence-electron chi connectivity index (χ2n) is 13.5. The molecule has 3 aliphatic heterocycles. The van der Waals surface area contributed by atoms with Crippen molar-refractivity contribution < 1.29 is 9.59 Å². The highest BCUT2D eigenvalue weighted by atomic mass is 35.5. The third-order valence-corrected chi connectivity index (χ3v) is 10.8. The quantitative estimate of drug-likeness (QED) is 0.296. The molecule has 0 spiro atoms. The summed E-state index contributed by atoms with van der Waals surface area (Å²) in [7, 11) is 2.18. The lowest BCUT2D eigenvalue weighted by Gasteiger charge is -2.39. The van der Waals surface area contributed by atoms with Crippen LogP contribution >= 0.6 is 11.6 Å². The van der Waals surface area contributed by atoms with Crippen LogP contribution in [0.25, 0.3) is 11.0 Å². The fraction of sp³-hybridized carbons (Fsp3) is 0.528. The molecule has 0 radical (unpaired) electrons. The number of aromatic amines is 1. The first-order valence-corrected chi connectivity index (χ1v) is 17.3. The van der Waals surface area contributed by atoms with Crippen molar-refractivity contribution in [2.45, 2.75) is 57.0 Å². The summed E-state index contributed by atoms with van der Waals surface area (Å²) in [6.45, 7) is 6.78. The summed E-state index contributed by atoms with van der Waals surface area (Å²) < 4.78 is 1.82. The lowest BCUT2D eigenvalue weighted by Crippen LogP contribution is -2.50. The minimum absolute atomic E-state index is 0.00263. The zero-order chi connectivity index (χ0) is 33.1. The maximum Gasteiger partial charge on any atom is 0.326 e. The first kappa shape index (κ1) is 33.1. The van der Waals surface area contributed by atoms with Crippen molar-refractivity contribution in [2.24, 2.45) is 5.92 Å². The molecular weight excluding hydrogens is 614 g/mol. The summed E-state index contributed by atoms with van der Waals surface area (Å²) in [5, 5.41) is 0.353. The number of nitrogens with two attached hydrogens (primary N) is 1. The van der Waals surface area contributed by atoms with E-state index in [0.717, 1.165) is 55.6 Å². The Morgan fingerprint density at radius 3 is 2.43 bits per heavy atom. The van der Waals surface area contributed by atoms with Crippen molar-refractivity contribution >= 4 is 40.1 Å². The number of anilines is 1. The number of carbonyl (C=O) groups is 2. The smallest absolute Gasteiger partial charge is 0.326 e. The first-order chi connectivity index (χ1) is 22.7. The van der Waals surface area contributed by atoms with E-state index in [4.69, 9.17) is 23.8 Å². The van der Waals surface area contributed by atoms with Gasteiger partial charge in [-0.25, -0.2) is 4.79 Å². The van der Waals surface area contributed by atoms with Crippen LogP contribution in [-0.2, 0) is 16.0 Å². The van der Waals surface area contributed by atoms with Gasteiger partial charge in [-0.15, -0.1) is 6.42 Å². The maximum absolute atomic E-state index is 14.2. The molecule has 1 aromatic heterocycles.